The Labute approximate surface area is 176 Å². The molecule has 0 radical (unpaired) electrons. The highest BCUT2D eigenvalue weighted by atomic mass is 32.2. The zero-order chi connectivity index (χ0) is 21.9. The number of carbonyl (C=O) groups is 2. The Morgan fingerprint density at radius 1 is 1.00 bits per heavy atom. The van der Waals surface area contributed by atoms with Crippen molar-refractivity contribution >= 4 is 27.6 Å². The van der Waals surface area contributed by atoms with E-state index in [1.54, 1.807) is 36.4 Å². The molecule has 30 heavy (non-hydrogen) atoms. The summed E-state index contributed by atoms with van der Waals surface area (Å²) < 4.78 is 25.5. The predicted molar refractivity (Wildman–Crippen MR) is 115 cm³/mol. The molecule has 3 N–H and O–H groups in total. The standard InChI is InChI=1S/C21H26N4O4S/c1-14(15-6-12-19(13-7-15)30(28,29)25(2)3)22-20(26)16-4-8-17(9-5-16)23-21(27)24-18-10-11-18/h4-9,12-14,18H,10-11H2,1-3H3,(H,22,26)(H2,23,24,27). The van der Waals surface area contributed by atoms with Crippen LogP contribution in [0, 0.1) is 0 Å². The van der Waals surface area contributed by atoms with E-state index in [0.29, 0.717) is 11.3 Å². The minimum atomic E-state index is -3.49. The van der Waals surface area contributed by atoms with Gasteiger partial charge >= 0.3 is 6.03 Å². The summed E-state index contributed by atoms with van der Waals surface area (Å²) in [5, 5.41) is 8.46. The molecule has 1 atom stereocenters. The van der Waals surface area contributed by atoms with Crippen molar-refractivity contribution in [1.82, 2.24) is 14.9 Å². The smallest absolute Gasteiger partial charge is 0.319 e. The second-order valence-corrected chi connectivity index (χ2v) is 9.65. The van der Waals surface area contributed by atoms with Crippen LogP contribution in [0.3, 0.4) is 0 Å². The molecule has 2 aromatic rings. The lowest BCUT2D eigenvalue weighted by atomic mass is 10.1. The lowest BCUT2D eigenvalue weighted by Crippen LogP contribution is -2.30. The van der Waals surface area contributed by atoms with E-state index in [9.17, 15) is 18.0 Å². The summed E-state index contributed by atoms with van der Waals surface area (Å²) in [5.74, 6) is -0.263. The quantitative estimate of drug-likeness (QED) is 0.628. The highest BCUT2D eigenvalue weighted by molar-refractivity contribution is 7.89. The number of hydrogen-bond acceptors (Lipinski definition) is 4. The molecule has 0 aliphatic heterocycles. The molecular formula is C21H26N4O4S. The number of anilines is 1. The molecule has 1 aliphatic carbocycles. The van der Waals surface area contributed by atoms with Gasteiger partial charge in [-0.25, -0.2) is 17.5 Å². The van der Waals surface area contributed by atoms with Crippen molar-refractivity contribution in [3.8, 4) is 0 Å². The van der Waals surface area contributed by atoms with E-state index in [2.05, 4.69) is 16.0 Å². The van der Waals surface area contributed by atoms with Crippen LogP contribution < -0.4 is 16.0 Å². The van der Waals surface area contributed by atoms with Gasteiger partial charge in [0, 0.05) is 31.4 Å². The topological polar surface area (TPSA) is 108 Å². The van der Waals surface area contributed by atoms with Gasteiger partial charge in [-0.15, -0.1) is 0 Å². The van der Waals surface area contributed by atoms with Gasteiger partial charge in [0.05, 0.1) is 10.9 Å². The molecule has 0 heterocycles. The van der Waals surface area contributed by atoms with Gasteiger partial charge in [-0.1, -0.05) is 12.1 Å². The van der Waals surface area contributed by atoms with E-state index in [1.807, 2.05) is 6.92 Å². The Balaban J connectivity index is 1.59. The normalized spacial score (nSPS) is 14.8. The summed E-state index contributed by atoms with van der Waals surface area (Å²) >= 11 is 0. The van der Waals surface area contributed by atoms with Crippen molar-refractivity contribution in [2.24, 2.45) is 0 Å². The van der Waals surface area contributed by atoms with Crippen LogP contribution in [0.5, 0.6) is 0 Å². The van der Waals surface area contributed by atoms with Gasteiger partial charge in [-0.2, -0.15) is 0 Å². The van der Waals surface area contributed by atoms with Crippen molar-refractivity contribution < 1.29 is 18.0 Å². The largest absolute Gasteiger partial charge is 0.346 e. The SMILES string of the molecule is CC(NC(=O)c1ccc(NC(=O)NC2CC2)cc1)c1ccc(S(=O)(=O)N(C)C)cc1. The van der Waals surface area contributed by atoms with Crippen molar-refractivity contribution in [2.75, 3.05) is 19.4 Å². The zero-order valence-electron chi connectivity index (χ0n) is 17.2. The van der Waals surface area contributed by atoms with E-state index in [-0.39, 0.29) is 28.9 Å². The Bertz CT molecular complexity index is 1010. The van der Waals surface area contributed by atoms with E-state index in [1.165, 1.54) is 26.2 Å². The summed E-state index contributed by atoms with van der Waals surface area (Å²) in [7, 11) is -0.533. The molecule has 9 heteroatoms. The minimum absolute atomic E-state index is 0.198. The second kappa shape index (κ2) is 8.85. The maximum Gasteiger partial charge on any atom is 0.319 e. The highest BCUT2D eigenvalue weighted by Gasteiger charge is 2.23. The summed E-state index contributed by atoms with van der Waals surface area (Å²) in [6.07, 6.45) is 2.03. The summed E-state index contributed by atoms with van der Waals surface area (Å²) in [6, 6.07) is 12.8. The van der Waals surface area contributed by atoms with E-state index < -0.39 is 10.0 Å². The Kier molecular flexibility index (Phi) is 6.42. The third-order valence-corrected chi connectivity index (χ3v) is 6.65. The molecule has 3 rings (SSSR count). The third-order valence-electron chi connectivity index (χ3n) is 4.82. The van der Waals surface area contributed by atoms with Crippen molar-refractivity contribution in [2.45, 2.75) is 36.7 Å². The van der Waals surface area contributed by atoms with Crippen molar-refractivity contribution in [3.05, 3.63) is 59.7 Å². The van der Waals surface area contributed by atoms with Crippen LogP contribution in [0.4, 0.5) is 10.5 Å². The lowest BCUT2D eigenvalue weighted by Gasteiger charge is -2.16. The first kappa shape index (κ1) is 21.8. The maximum absolute atomic E-state index is 12.5. The minimum Gasteiger partial charge on any atom is -0.346 e. The van der Waals surface area contributed by atoms with Gasteiger partial charge < -0.3 is 16.0 Å². The third kappa shape index (κ3) is 5.37. The van der Waals surface area contributed by atoms with Gasteiger partial charge in [-0.3, -0.25) is 4.79 Å². The molecule has 1 saturated carbocycles. The highest BCUT2D eigenvalue weighted by Crippen LogP contribution is 2.20. The summed E-state index contributed by atoms with van der Waals surface area (Å²) in [6.45, 7) is 1.82. The van der Waals surface area contributed by atoms with Gasteiger partial charge in [0.25, 0.3) is 5.91 Å². The van der Waals surface area contributed by atoms with Crippen molar-refractivity contribution in [3.63, 3.8) is 0 Å². The van der Waals surface area contributed by atoms with Crippen LogP contribution in [0.2, 0.25) is 0 Å². The number of hydrogen-bond donors (Lipinski definition) is 3. The van der Waals surface area contributed by atoms with Crippen LogP contribution in [-0.4, -0.2) is 44.8 Å². The molecule has 1 unspecified atom stereocenters. The first-order chi connectivity index (χ1) is 14.2. The lowest BCUT2D eigenvalue weighted by molar-refractivity contribution is 0.0940. The number of rotatable bonds is 7. The first-order valence-electron chi connectivity index (χ1n) is 9.68. The van der Waals surface area contributed by atoms with Gasteiger partial charge in [0.1, 0.15) is 0 Å². The molecule has 8 nitrogen and oxygen atoms in total. The first-order valence-corrected chi connectivity index (χ1v) is 11.1. The van der Waals surface area contributed by atoms with Crippen LogP contribution in [0.25, 0.3) is 0 Å². The van der Waals surface area contributed by atoms with Crippen molar-refractivity contribution in [1.29, 1.82) is 0 Å². The average molecular weight is 431 g/mol. The molecule has 1 aliphatic rings. The molecule has 0 saturated heterocycles. The fraction of sp³-hybridized carbons (Fsp3) is 0.333. The molecule has 160 valence electrons. The summed E-state index contributed by atoms with van der Waals surface area (Å²) in [5.41, 5.74) is 1.85. The number of carbonyl (C=O) groups excluding carboxylic acids is 2. The van der Waals surface area contributed by atoms with Crippen LogP contribution >= 0.6 is 0 Å². The molecule has 1 fully saturated rings. The van der Waals surface area contributed by atoms with Gasteiger partial charge in [0.2, 0.25) is 10.0 Å². The Morgan fingerprint density at radius 3 is 2.13 bits per heavy atom. The fourth-order valence-corrected chi connectivity index (χ4v) is 3.69. The molecule has 3 amide bonds. The molecule has 0 bridgehead atoms. The number of nitrogens with one attached hydrogen (secondary N) is 3. The zero-order valence-corrected chi connectivity index (χ0v) is 18.0. The number of urea groups is 1. The maximum atomic E-state index is 12.5. The Hall–Kier alpha value is -2.91. The van der Waals surface area contributed by atoms with Gasteiger partial charge in [-0.05, 0) is 61.7 Å². The van der Waals surface area contributed by atoms with Crippen LogP contribution in [0.15, 0.2) is 53.4 Å². The number of sulfonamides is 1. The monoisotopic (exact) mass is 430 g/mol. The fourth-order valence-electron chi connectivity index (χ4n) is 2.79. The number of amides is 3. The average Bonchev–Trinajstić information content (AvgIpc) is 3.52. The van der Waals surface area contributed by atoms with Crippen LogP contribution in [-0.2, 0) is 10.0 Å². The Morgan fingerprint density at radius 2 is 1.60 bits per heavy atom. The summed E-state index contributed by atoms with van der Waals surface area (Å²) in [4.78, 5) is 24.5. The molecule has 0 spiro atoms. The second-order valence-electron chi connectivity index (χ2n) is 7.50. The molecular weight excluding hydrogens is 404 g/mol. The molecule has 0 aromatic heterocycles. The van der Waals surface area contributed by atoms with Gasteiger partial charge in [0.15, 0.2) is 0 Å². The predicted octanol–water partition coefficient (Wildman–Crippen LogP) is 2.71. The number of nitrogens with zero attached hydrogens (tertiary/aromatic N) is 1. The molecule has 2 aromatic carbocycles. The van der Waals surface area contributed by atoms with E-state index in [4.69, 9.17) is 0 Å². The van der Waals surface area contributed by atoms with Crippen LogP contribution in [0.1, 0.15) is 41.7 Å². The number of benzene rings is 2. The van der Waals surface area contributed by atoms with E-state index >= 15 is 0 Å². The van der Waals surface area contributed by atoms with E-state index in [0.717, 1.165) is 22.7 Å².